The first kappa shape index (κ1) is 16.3. The fraction of sp³-hybridized carbons (Fsp3) is 0.125. The topological polar surface area (TPSA) is 58.9 Å². The highest BCUT2D eigenvalue weighted by molar-refractivity contribution is 6.36. The standard InChI is InChI=1S/C16H13Cl2NO3/c17-13-6-12(16(21)14(18)7-13)8-19-9-15(20)22-10-11-4-2-1-3-5-11/h1-8,21H,9-10H2. The highest BCUT2D eigenvalue weighted by Gasteiger charge is 2.06. The van der Waals surface area contributed by atoms with Crippen molar-refractivity contribution in [1.29, 1.82) is 0 Å². The van der Waals surface area contributed by atoms with Crippen molar-refractivity contribution in [2.75, 3.05) is 6.54 Å². The van der Waals surface area contributed by atoms with Gasteiger partial charge in [0.05, 0.1) is 5.02 Å². The summed E-state index contributed by atoms with van der Waals surface area (Å²) in [6.45, 7) is 0.0415. The van der Waals surface area contributed by atoms with Crippen molar-refractivity contribution in [2.24, 2.45) is 4.99 Å². The second-order valence-corrected chi connectivity index (χ2v) is 5.29. The number of ether oxygens (including phenoxy) is 1. The van der Waals surface area contributed by atoms with E-state index in [1.807, 2.05) is 30.3 Å². The fourth-order valence-corrected chi connectivity index (χ4v) is 2.20. The molecule has 2 rings (SSSR count). The third-order valence-electron chi connectivity index (χ3n) is 2.75. The van der Waals surface area contributed by atoms with Crippen molar-refractivity contribution in [3.8, 4) is 5.75 Å². The molecule has 4 nitrogen and oxygen atoms in total. The molecule has 2 aromatic carbocycles. The number of esters is 1. The second-order valence-electron chi connectivity index (χ2n) is 4.44. The summed E-state index contributed by atoms with van der Waals surface area (Å²) in [4.78, 5) is 15.5. The summed E-state index contributed by atoms with van der Waals surface area (Å²) < 4.78 is 5.08. The van der Waals surface area contributed by atoms with Gasteiger partial charge in [-0.25, -0.2) is 0 Å². The number of carbonyl (C=O) groups excluding carboxylic acids is 1. The summed E-state index contributed by atoms with van der Waals surface area (Å²) in [7, 11) is 0. The molecule has 0 aliphatic rings. The van der Waals surface area contributed by atoms with E-state index in [1.54, 1.807) is 0 Å². The number of hydrogen-bond acceptors (Lipinski definition) is 4. The van der Waals surface area contributed by atoms with Gasteiger partial charge in [-0.15, -0.1) is 0 Å². The third-order valence-corrected chi connectivity index (χ3v) is 3.26. The SMILES string of the molecule is O=C(CN=Cc1cc(Cl)cc(Cl)c1O)OCc1ccccc1. The first-order valence-corrected chi connectivity index (χ1v) is 7.19. The Morgan fingerprint density at radius 3 is 2.68 bits per heavy atom. The smallest absolute Gasteiger partial charge is 0.328 e. The van der Waals surface area contributed by atoms with Gasteiger partial charge in [-0.3, -0.25) is 9.79 Å². The van der Waals surface area contributed by atoms with Crippen LogP contribution in [0, 0.1) is 0 Å². The van der Waals surface area contributed by atoms with Gasteiger partial charge in [0.2, 0.25) is 0 Å². The van der Waals surface area contributed by atoms with E-state index in [-0.39, 0.29) is 23.9 Å². The molecular formula is C16H13Cl2NO3. The Kier molecular flexibility index (Phi) is 5.81. The summed E-state index contributed by atoms with van der Waals surface area (Å²) in [5, 5.41) is 10.2. The molecule has 114 valence electrons. The third kappa shape index (κ3) is 4.76. The number of aromatic hydroxyl groups is 1. The Hall–Kier alpha value is -2.04. The van der Waals surface area contributed by atoms with E-state index in [4.69, 9.17) is 27.9 Å². The summed E-state index contributed by atoms with van der Waals surface area (Å²) in [6.07, 6.45) is 1.33. The molecule has 0 saturated carbocycles. The first-order chi connectivity index (χ1) is 10.6. The fourth-order valence-electron chi connectivity index (χ4n) is 1.69. The van der Waals surface area contributed by atoms with Gasteiger partial charge in [-0.1, -0.05) is 53.5 Å². The second kappa shape index (κ2) is 7.82. The molecule has 0 aliphatic carbocycles. The van der Waals surface area contributed by atoms with Crippen molar-refractivity contribution in [1.82, 2.24) is 0 Å². The Morgan fingerprint density at radius 1 is 1.23 bits per heavy atom. The van der Waals surface area contributed by atoms with Crippen LogP contribution < -0.4 is 0 Å². The molecule has 0 bridgehead atoms. The summed E-state index contributed by atoms with van der Waals surface area (Å²) in [5.41, 5.74) is 1.24. The molecule has 0 unspecified atom stereocenters. The lowest BCUT2D eigenvalue weighted by molar-refractivity contribution is -0.143. The van der Waals surface area contributed by atoms with Gasteiger partial charge in [0, 0.05) is 16.8 Å². The van der Waals surface area contributed by atoms with Crippen LogP contribution in [0.3, 0.4) is 0 Å². The molecule has 0 radical (unpaired) electrons. The van der Waals surface area contributed by atoms with E-state index in [1.165, 1.54) is 18.3 Å². The maximum atomic E-state index is 11.6. The van der Waals surface area contributed by atoms with Crippen LogP contribution in [0.15, 0.2) is 47.5 Å². The van der Waals surface area contributed by atoms with E-state index in [0.29, 0.717) is 10.6 Å². The number of phenols is 1. The van der Waals surface area contributed by atoms with Crippen LogP contribution in [0.4, 0.5) is 0 Å². The Balaban J connectivity index is 1.88. The Morgan fingerprint density at radius 2 is 1.95 bits per heavy atom. The van der Waals surface area contributed by atoms with E-state index in [9.17, 15) is 9.90 Å². The van der Waals surface area contributed by atoms with Gasteiger partial charge in [0.1, 0.15) is 18.9 Å². The number of nitrogens with zero attached hydrogens (tertiary/aromatic N) is 1. The number of hydrogen-bond donors (Lipinski definition) is 1. The van der Waals surface area contributed by atoms with Crippen LogP contribution in [-0.2, 0) is 16.1 Å². The lowest BCUT2D eigenvalue weighted by Gasteiger charge is -2.04. The summed E-state index contributed by atoms with van der Waals surface area (Å²) in [5.74, 6) is -0.597. The van der Waals surface area contributed by atoms with Gasteiger partial charge in [0.15, 0.2) is 0 Å². The molecule has 0 fully saturated rings. The number of aliphatic imine (C=N–C) groups is 1. The van der Waals surface area contributed by atoms with Crippen molar-refractivity contribution in [2.45, 2.75) is 6.61 Å². The van der Waals surface area contributed by atoms with Crippen LogP contribution in [0.2, 0.25) is 10.0 Å². The van der Waals surface area contributed by atoms with Crippen LogP contribution in [0.1, 0.15) is 11.1 Å². The minimum atomic E-state index is -0.465. The average molecular weight is 338 g/mol. The van der Waals surface area contributed by atoms with Gasteiger partial charge in [-0.2, -0.15) is 0 Å². The summed E-state index contributed by atoms with van der Waals surface area (Å²) in [6, 6.07) is 12.3. The van der Waals surface area contributed by atoms with Crippen molar-refractivity contribution >= 4 is 35.4 Å². The van der Waals surface area contributed by atoms with Gasteiger partial charge in [0.25, 0.3) is 0 Å². The number of rotatable bonds is 5. The molecular weight excluding hydrogens is 325 g/mol. The number of phenolic OH excluding ortho intramolecular Hbond substituents is 1. The van der Waals surface area contributed by atoms with Crippen molar-refractivity contribution < 1.29 is 14.6 Å². The largest absolute Gasteiger partial charge is 0.506 e. The van der Waals surface area contributed by atoms with Crippen molar-refractivity contribution in [3.63, 3.8) is 0 Å². The molecule has 0 atom stereocenters. The zero-order valence-electron chi connectivity index (χ0n) is 11.5. The van der Waals surface area contributed by atoms with Crippen LogP contribution in [-0.4, -0.2) is 23.8 Å². The number of halogens is 2. The lowest BCUT2D eigenvalue weighted by Crippen LogP contribution is -2.08. The minimum Gasteiger partial charge on any atom is -0.506 e. The predicted molar refractivity (Wildman–Crippen MR) is 86.8 cm³/mol. The van der Waals surface area contributed by atoms with Gasteiger partial charge in [-0.05, 0) is 17.7 Å². The number of carbonyl (C=O) groups is 1. The first-order valence-electron chi connectivity index (χ1n) is 6.43. The average Bonchev–Trinajstić information content (AvgIpc) is 2.51. The maximum absolute atomic E-state index is 11.6. The monoisotopic (exact) mass is 337 g/mol. The Labute approximate surface area is 138 Å². The molecule has 0 aromatic heterocycles. The molecule has 0 heterocycles. The number of benzene rings is 2. The van der Waals surface area contributed by atoms with Crippen LogP contribution in [0.5, 0.6) is 5.75 Å². The van der Waals surface area contributed by atoms with E-state index in [0.717, 1.165) is 5.56 Å². The van der Waals surface area contributed by atoms with Crippen LogP contribution in [0.25, 0.3) is 0 Å². The highest BCUT2D eigenvalue weighted by atomic mass is 35.5. The van der Waals surface area contributed by atoms with Crippen LogP contribution >= 0.6 is 23.2 Å². The molecule has 6 heteroatoms. The molecule has 0 saturated heterocycles. The van der Waals surface area contributed by atoms with E-state index >= 15 is 0 Å². The van der Waals surface area contributed by atoms with Gasteiger partial charge >= 0.3 is 5.97 Å². The van der Waals surface area contributed by atoms with E-state index in [2.05, 4.69) is 4.99 Å². The normalized spacial score (nSPS) is 10.8. The van der Waals surface area contributed by atoms with Crippen molar-refractivity contribution in [3.05, 3.63) is 63.6 Å². The summed E-state index contributed by atoms with van der Waals surface area (Å²) >= 11 is 11.6. The molecule has 0 spiro atoms. The van der Waals surface area contributed by atoms with Gasteiger partial charge < -0.3 is 9.84 Å². The predicted octanol–water partition coefficient (Wildman–Crippen LogP) is 3.86. The Bertz CT molecular complexity index is 687. The quantitative estimate of drug-likeness (QED) is 0.665. The lowest BCUT2D eigenvalue weighted by atomic mass is 10.2. The molecule has 1 N–H and O–H groups in total. The zero-order valence-corrected chi connectivity index (χ0v) is 13.0. The minimum absolute atomic E-state index is 0.126. The molecule has 22 heavy (non-hydrogen) atoms. The maximum Gasteiger partial charge on any atom is 0.328 e. The van der Waals surface area contributed by atoms with E-state index < -0.39 is 5.97 Å². The molecule has 0 amide bonds. The molecule has 0 aliphatic heterocycles. The zero-order chi connectivity index (χ0) is 15.9. The molecule has 2 aromatic rings. The highest BCUT2D eigenvalue weighted by Crippen LogP contribution is 2.29.